The van der Waals surface area contributed by atoms with E-state index in [9.17, 15) is 0 Å². The van der Waals surface area contributed by atoms with Crippen LogP contribution in [0.1, 0.15) is 0 Å². The Morgan fingerprint density at radius 3 is 2.33 bits per heavy atom. The van der Waals surface area contributed by atoms with Crippen molar-refractivity contribution in [3.63, 3.8) is 0 Å². The molecule has 0 spiro atoms. The van der Waals surface area contributed by atoms with Gasteiger partial charge in [-0.25, -0.2) is 5.26 Å². The lowest BCUT2D eigenvalue weighted by Crippen LogP contribution is -1.82. The summed E-state index contributed by atoms with van der Waals surface area (Å²) in [5.74, 6) is 0. The second-order valence-corrected chi connectivity index (χ2v) is 4.65. The molecule has 0 amide bonds. The molecule has 3 aromatic carbocycles. The molecule has 4 heteroatoms. The van der Waals surface area contributed by atoms with Crippen molar-refractivity contribution >= 4 is 33.6 Å². The zero-order chi connectivity index (χ0) is 12.4. The minimum absolute atomic E-state index is 0.896. The molecule has 0 aliphatic carbocycles. The van der Waals surface area contributed by atoms with Crippen molar-refractivity contribution in [1.29, 1.82) is 0 Å². The molecule has 0 radical (unpaired) electrons. The summed E-state index contributed by atoms with van der Waals surface area (Å²) in [6, 6.07) is 18.3. The summed E-state index contributed by atoms with van der Waals surface area (Å²) in [4.78, 5) is 0.896. The molecule has 0 aliphatic heterocycles. The Labute approximate surface area is 108 Å². The molecule has 0 aliphatic rings. The van der Waals surface area contributed by atoms with Crippen molar-refractivity contribution < 1.29 is 14.6 Å². The Hall–Kier alpha value is -1.59. The molecular formula is C14H10O3S. The van der Waals surface area contributed by atoms with Crippen LogP contribution in [0.5, 0.6) is 0 Å². The van der Waals surface area contributed by atoms with Crippen molar-refractivity contribution in [3.8, 4) is 0 Å². The van der Waals surface area contributed by atoms with E-state index in [0.29, 0.717) is 0 Å². The van der Waals surface area contributed by atoms with Crippen LogP contribution >= 0.6 is 12.0 Å². The highest BCUT2D eigenvalue weighted by molar-refractivity contribution is 7.94. The number of hydrogen-bond acceptors (Lipinski definition) is 4. The molecule has 3 nitrogen and oxygen atoms in total. The molecule has 0 heterocycles. The lowest BCUT2D eigenvalue weighted by molar-refractivity contribution is -0.432. The molecule has 0 saturated carbocycles. The smallest absolute Gasteiger partial charge is 0.0720 e. The van der Waals surface area contributed by atoms with Crippen LogP contribution in [-0.2, 0) is 9.37 Å². The molecular weight excluding hydrogens is 248 g/mol. The maximum atomic E-state index is 8.23. The van der Waals surface area contributed by atoms with E-state index < -0.39 is 0 Å². The van der Waals surface area contributed by atoms with Gasteiger partial charge < -0.3 is 0 Å². The van der Waals surface area contributed by atoms with Crippen molar-refractivity contribution in [2.75, 3.05) is 0 Å². The van der Waals surface area contributed by atoms with Crippen molar-refractivity contribution in [2.45, 2.75) is 4.90 Å². The standard InChI is InChI=1S/C14H10O3S/c15-16-17-18-14-7-3-6-12-8-10-4-1-2-5-11(10)9-13(12)14/h1-9,15H. The highest BCUT2D eigenvalue weighted by atomic mass is 32.2. The van der Waals surface area contributed by atoms with Gasteiger partial charge >= 0.3 is 0 Å². The molecule has 3 aromatic rings. The van der Waals surface area contributed by atoms with Crippen LogP contribution in [0.4, 0.5) is 0 Å². The minimum atomic E-state index is 0.896. The summed E-state index contributed by atoms with van der Waals surface area (Å²) in [6.07, 6.45) is 0. The summed E-state index contributed by atoms with van der Waals surface area (Å²) in [5, 5.41) is 16.4. The maximum Gasteiger partial charge on any atom is 0.0720 e. The van der Waals surface area contributed by atoms with Gasteiger partial charge in [-0.2, -0.15) is 0 Å². The monoisotopic (exact) mass is 258 g/mol. The van der Waals surface area contributed by atoms with Gasteiger partial charge in [-0.05, 0) is 39.7 Å². The molecule has 0 unspecified atom stereocenters. The summed E-state index contributed by atoms with van der Waals surface area (Å²) in [5.41, 5.74) is 0. The van der Waals surface area contributed by atoms with Gasteiger partial charge in [0.25, 0.3) is 0 Å². The highest BCUT2D eigenvalue weighted by Gasteiger charge is 2.04. The fourth-order valence-electron chi connectivity index (χ4n) is 2.06. The molecule has 0 aromatic heterocycles. The first-order valence-corrected chi connectivity index (χ1v) is 6.19. The third-order valence-corrected chi connectivity index (χ3v) is 3.53. The van der Waals surface area contributed by atoms with Crippen LogP contribution in [0, 0.1) is 0 Å². The summed E-state index contributed by atoms with van der Waals surface area (Å²) >= 11 is 0.986. The van der Waals surface area contributed by atoms with Crippen LogP contribution < -0.4 is 0 Å². The quantitative estimate of drug-likeness (QED) is 0.326. The predicted octanol–water partition coefficient (Wildman–Crippen LogP) is 4.42. The Bertz CT molecular complexity index is 697. The molecule has 0 saturated heterocycles. The molecule has 0 fully saturated rings. The second kappa shape index (κ2) is 4.96. The fourth-order valence-corrected chi connectivity index (χ4v) is 2.57. The summed E-state index contributed by atoms with van der Waals surface area (Å²) in [7, 11) is 0. The van der Waals surface area contributed by atoms with Gasteiger partial charge in [-0.1, -0.05) is 41.4 Å². The second-order valence-electron chi connectivity index (χ2n) is 3.90. The summed E-state index contributed by atoms with van der Waals surface area (Å²) in [6.45, 7) is 0. The largest absolute Gasteiger partial charge is 0.220 e. The minimum Gasteiger partial charge on any atom is -0.220 e. The van der Waals surface area contributed by atoms with Gasteiger partial charge in [0.15, 0.2) is 0 Å². The van der Waals surface area contributed by atoms with E-state index in [-0.39, 0.29) is 0 Å². The van der Waals surface area contributed by atoms with Gasteiger partial charge in [-0.15, -0.1) is 4.33 Å². The first-order chi connectivity index (χ1) is 8.88. The first kappa shape index (κ1) is 11.5. The van der Waals surface area contributed by atoms with Crippen molar-refractivity contribution in [3.05, 3.63) is 54.6 Å². The molecule has 18 heavy (non-hydrogen) atoms. The van der Waals surface area contributed by atoms with Gasteiger partial charge in [0.1, 0.15) is 0 Å². The van der Waals surface area contributed by atoms with Crippen LogP contribution in [0.3, 0.4) is 0 Å². The molecule has 1 N–H and O–H groups in total. The lowest BCUT2D eigenvalue weighted by atomic mass is 10.0. The van der Waals surface area contributed by atoms with Crippen LogP contribution in [-0.4, -0.2) is 5.26 Å². The van der Waals surface area contributed by atoms with Crippen LogP contribution in [0.25, 0.3) is 21.5 Å². The molecule has 0 atom stereocenters. The lowest BCUT2D eigenvalue weighted by Gasteiger charge is -2.06. The highest BCUT2D eigenvalue weighted by Crippen LogP contribution is 2.31. The zero-order valence-corrected chi connectivity index (χ0v) is 10.2. The van der Waals surface area contributed by atoms with Crippen molar-refractivity contribution in [2.24, 2.45) is 0 Å². The number of fused-ring (bicyclic) bond motifs is 2. The van der Waals surface area contributed by atoms with E-state index >= 15 is 0 Å². The SMILES string of the molecule is OOOSc1cccc2cc3ccccc3cc12. The van der Waals surface area contributed by atoms with E-state index in [4.69, 9.17) is 5.26 Å². The van der Waals surface area contributed by atoms with E-state index in [1.54, 1.807) is 0 Å². The van der Waals surface area contributed by atoms with Gasteiger partial charge in [0, 0.05) is 4.90 Å². The maximum absolute atomic E-state index is 8.23. The van der Waals surface area contributed by atoms with Crippen molar-refractivity contribution in [1.82, 2.24) is 0 Å². The van der Waals surface area contributed by atoms with Crippen LogP contribution in [0.2, 0.25) is 0 Å². The predicted molar refractivity (Wildman–Crippen MR) is 72.1 cm³/mol. The Morgan fingerprint density at radius 1 is 0.833 bits per heavy atom. The van der Waals surface area contributed by atoms with E-state index in [1.807, 2.05) is 30.3 Å². The topological polar surface area (TPSA) is 38.7 Å². The van der Waals surface area contributed by atoms with Crippen LogP contribution in [0.15, 0.2) is 59.5 Å². The molecule has 90 valence electrons. The van der Waals surface area contributed by atoms with Gasteiger partial charge in [0.05, 0.1) is 12.0 Å². The third-order valence-electron chi connectivity index (χ3n) is 2.86. The normalized spacial score (nSPS) is 11.2. The van der Waals surface area contributed by atoms with E-state index in [0.717, 1.165) is 27.7 Å². The van der Waals surface area contributed by atoms with Gasteiger partial charge in [-0.3, -0.25) is 0 Å². The van der Waals surface area contributed by atoms with E-state index in [1.165, 1.54) is 10.8 Å². The number of rotatable bonds is 3. The third kappa shape index (κ3) is 2.07. The zero-order valence-electron chi connectivity index (χ0n) is 9.37. The molecule has 3 rings (SSSR count). The fraction of sp³-hybridized carbons (Fsp3) is 0. The average Bonchev–Trinajstić information content (AvgIpc) is 2.43. The Balaban J connectivity index is 2.22. The number of benzene rings is 3. The first-order valence-electron chi connectivity index (χ1n) is 5.45. The van der Waals surface area contributed by atoms with E-state index in [2.05, 4.69) is 33.6 Å². The van der Waals surface area contributed by atoms with Gasteiger partial charge in [0.2, 0.25) is 0 Å². The Kier molecular flexibility index (Phi) is 3.17. The number of hydrogen-bond donors (Lipinski definition) is 1. The molecule has 0 bridgehead atoms. The Morgan fingerprint density at radius 2 is 1.56 bits per heavy atom. The average molecular weight is 258 g/mol. The summed E-state index contributed by atoms with van der Waals surface area (Å²) < 4.78 is 4.51.